The standard InChI is InChI=1S/C21H21ClN4/c1-25-8-2-3-16(25)9-14-12-23-19-7-5-17(11-18(14)19)26-13-24-20-6-4-15(22)10-21(20)26/h4-7,10-13,16,23H,2-3,8-9H2,1H3. The van der Waals surface area contributed by atoms with Gasteiger partial charge in [-0.15, -0.1) is 0 Å². The molecule has 1 aliphatic rings. The Labute approximate surface area is 157 Å². The first-order valence-corrected chi connectivity index (χ1v) is 9.50. The Morgan fingerprint density at radius 1 is 1.23 bits per heavy atom. The van der Waals surface area contributed by atoms with Crippen LogP contribution in [0, 0.1) is 0 Å². The molecule has 0 saturated carbocycles. The molecule has 1 N–H and O–H groups in total. The average Bonchev–Trinajstić information content (AvgIpc) is 3.34. The summed E-state index contributed by atoms with van der Waals surface area (Å²) in [5.74, 6) is 0. The van der Waals surface area contributed by atoms with Crippen molar-refractivity contribution < 1.29 is 0 Å². The molecule has 0 aliphatic carbocycles. The molecule has 0 bridgehead atoms. The fraction of sp³-hybridized carbons (Fsp3) is 0.286. The second kappa shape index (κ2) is 6.15. The van der Waals surface area contributed by atoms with Gasteiger partial charge in [0.05, 0.1) is 11.0 Å². The van der Waals surface area contributed by atoms with Crippen molar-refractivity contribution in [2.24, 2.45) is 0 Å². The van der Waals surface area contributed by atoms with E-state index in [9.17, 15) is 0 Å². The van der Waals surface area contributed by atoms with E-state index in [0.717, 1.165) is 28.2 Å². The van der Waals surface area contributed by atoms with Crippen LogP contribution in [0.5, 0.6) is 0 Å². The number of rotatable bonds is 3. The van der Waals surface area contributed by atoms with Gasteiger partial charge in [0, 0.05) is 33.9 Å². The fourth-order valence-corrected chi connectivity index (χ4v) is 4.33. The first kappa shape index (κ1) is 15.9. The molecule has 0 spiro atoms. The molecule has 26 heavy (non-hydrogen) atoms. The van der Waals surface area contributed by atoms with E-state index in [4.69, 9.17) is 11.6 Å². The van der Waals surface area contributed by atoms with Gasteiger partial charge in [-0.2, -0.15) is 0 Å². The van der Waals surface area contributed by atoms with Gasteiger partial charge in [0.1, 0.15) is 6.33 Å². The molecule has 4 aromatic rings. The number of likely N-dealkylation sites (N-methyl/N-ethyl adjacent to an activating group) is 1. The zero-order valence-corrected chi connectivity index (χ0v) is 15.5. The minimum Gasteiger partial charge on any atom is -0.361 e. The number of halogens is 1. The molecular formula is C21H21ClN4. The number of aromatic nitrogens is 3. The molecule has 1 fully saturated rings. The van der Waals surface area contributed by atoms with Crippen LogP contribution >= 0.6 is 11.6 Å². The van der Waals surface area contributed by atoms with Gasteiger partial charge in [-0.3, -0.25) is 4.57 Å². The van der Waals surface area contributed by atoms with Crippen molar-refractivity contribution in [1.29, 1.82) is 0 Å². The van der Waals surface area contributed by atoms with Crippen molar-refractivity contribution in [1.82, 2.24) is 19.4 Å². The summed E-state index contributed by atoms with van der Waals surface area (Å²) < 4.78 is 2.11. The minimum atomic E-state index is 0.644. The third kappa shape index (κ3) is 2.61. The lowest BCUT2D eigenvalue weighted by molar-refractivity contribution is 0.310. The number of nitrogens with one attached hydrogen (secondary N) is 1. The van der Waals surface area contributed by atoms with Crippen LogP contribution < -0.4 is 0 Å². The van der Waals surface area contributed by atoms with Crippen molar-refractivity contribution in [2.45, 2.75) is 25.3 Å². The van der Waals surface area contributed by atoms with Gasteiger partial charge in [-0.25, -0.2) is 4.98 Å². The number of imidazole rings is 1. The van der Waals surface area contributed by atoms with Crippen LogP contribution in [-0.4, -0.2) is 39.1 Å². The summed E-state index contributed by atoms with van der Waals surface area (Å²) in [7, 11) is 2.24. The molecular weight excluding hydrogens is 344 g/mol. The third-order valence-electron chi connectivity index (χ3n) is 5.67. The molecule has 0 amide bonds. The predicted octanol–water partition coefficient (Wildman–Crippen LogP) is 4.80. The van der Waals surface area contributed by atoms with Gasteiger partial charge in [-0.1, -0.05) is 11.6 Å². The van der Waals surface area contributed by atoms with Gasteiger partial charge in [0.15, 0.2) is 0 Å². The second-order valence-electron chi connectivity index (χ2n) is 7.27. The summed E-state index contributed by atoms with van der Waals surface area (Å²) in [5.41, 5.74) is 5.68. The summed E-state index contributed by atoms with van der Waals surface area (Å²) in [6, 6.07) is 13.0. The maximum atomic E-state index is 6.20. The van der Waals surface area contributed by atoms with E-state index in [0.29, 0.717) is 6.04 Å². The Kier molecular flexibility index (Phi) is 3.76. The highest BCUT2D eigenvalue weighted by Crippen LogP contribution is 2.28. The lowest BCUT2D eigenvalue weighted by atomic mass is 10.0. The number of aromatic amines is 1. The van der Waals surface area contributed by atoms with Crippen molar-refractivity contribution in [2.75, 3.05) is 13.6 Å². The van der Waals surface area contributed by atoms with Crippen LogP contribution in [0.3, 0.4) is 0 Å². The van der Waals surface area contributed by atoms with E-state index in [2.05, 4.69) is 50.9 Å². The number of nitrogens with zero attached hydrogens (tertiary/aromatic N) is 3. The lowest BCUT2D eigenvalue weighted by Crippen LogP contribution is -2.26. The first-order chi connectivity index (χ1) is 12.7. The van der Waals surface area contributed by atoms with E-state index < -0.39 is 0 Å². The minimum absolute atomic E-state index is 0.644. The van der Waals surface area contributed by atoms with Crippen LogP contribution in [0.15, 0.2) is 48.9 Å². The summed E-state index contributed by atoms with van der Waals surface area (Å²) in [5, 5.41) is 2.03. The SMILES string of the molecule is CN1CCCC1Cc1c[nH]c2ccc(-n3cnc4ccc(Cl)cc43)cc12. The zero-order chi connectivity index (χ0) is 17.7. The Hall–Kier alpha value is -2.30. The van der Waals surface area contributed by atoms with Crippen LogP contribution in [-0.2, 0) is 6.42 Å². The Balaban J connectivity index is 1.58. The van der Waals surface area contributed by atoms with Crippen LogP contribution in [0.25, 0.3) is 27.6 Å². The van der Waals surface area contributed by atoms with Crippen LogP contribution in [0.1, 0.15) is 18.4 Å². The summed E-state index contributed by atoms with van der Waals surface area (Å²) in [4.78, 5) is 10.4. The van der Waals surface area contributed by atoms with Gasteiger partial charge in [0.25, 0.3) is 0 Å². The molecule has 5 rings (SSSR count). The maximum absolute atomic E-state index is 6.20. The molecule has 1 unspecified atom stereocenters. The number of fused-ring (bicyclic) bond motifs is 2. The van der Waals surface area contributed by atoms with Crippen LogP contribution in [0.2, 0.25) is 5.02 Å². The highest BCUT2D eigenvalue weighted by Gasteiger charge is 2.22. The van der Waals surface area contributed by atoms with E-state index in [-0.39, 0.29) is 0 Å². The quantitative estimate of drug-likeness (QED) is 0.567. The highest BCUT2D eigenvalue weighted by atomic mass is 35.5. The Morgan fingerprint density at radius 2 is 2.15 bits per heavy atom. The fourth-order valence-electron chi connectivity index (χ4n) is 4.16. The molecule has 2 aromatic carbocycles. The molecule has 4 nitrogen and oxygen atoms in total. The lowest BCUT2D eigenvalue weighted by Gasteiger charge is -2.18. The molecule has 5 heteroatoms. The Bertz CT molecular complexity index is 1090. The van der Waals surface area contributed by atoms with Crippen molar-refractivity contribution >= 4 is 33.5 Å². The monoisotopic (exact) mass is 364 g/mol. The summed E-state index contributed by atoms with van der Waals surface area (Å²) >= 11 is 6.20. The molecule has 3 heterocycles. The van der Waals surface area contributed by atoms with Crippen molar-refractivity contribution in [3.8, 4) is 5.69 Å². The van der Waals surface area contributed by atoms with Crippen molar-refractivity contribution in [3.05, 3.63) is 59.5 Å². The number of hydrogen-bond donors (Lipinski definition) is 1. The van der Waals surface area contributed by atoms with E-state index in [1.807, 2.05) is 24.5 Å². The third-order valence-corrected chi connectivity index (χ3v) is 5.90. The first-order valence-electron chi connectivity index (χ1n) is 9.12. The molecule has 1 atom stereocenters. The highest BCUT2D eigenvalue weighted by molar-refractivity contribution is 6.31. The van der Waals surface area contributed by atoms with E-state index in [1.54, 1.807) is 0 Å². The molecule has 132 valence electrons. The number of benzene rings is 2. The summed E-state index contributed by atoms with van der Waals surface area (Å²) in [6.07, 6.45) is 7.73. The topological polar surface area (TPSA) is 36.9 Å². The Morgan fingerprint density at radius 3 is 3.00 bits per heavy atom. The number of hydrogen-bond acceptors (Lipinski definition) is 2. The number of H-pyrrole nitrogens is 1. The van der Waals surface area contributed by atoms with Crippen LogP contribution in [0.4, 0.5) is 0 Å². The number of likely N-dealkylation sites (tertiary alicyclic amines) is 1. The maximum Gasteiger partial charge on any atom is 0.100 e. The van der Waals surface area contributed by atoms with Crippen molar-refractivity contribution in [3.63, 3.8) is 0 Å². The van der Waals surface area contributed by atoms with Gasteiger partial charge in [0.2, 0.25) is 0 Å². The molecule has 0 radical (unpaired) electrons. The smallest absolute Gasteiger partial charge is 0.100 e. The normalized spacial score (nSPS) is 18.3. The van der Waals surface area contributed by atoms with Gasteiger partial charge < -0.3 is 9.88 Å². The molecule has 1 saturated heterocycles. The van der Waals surface area contributed by atoms with Gasteiger partial charge >= 0.3 is 0 Å². The second-order valence-corrected chi connectivity index (χ2v) is 7.71. The van der Waals surface area contributed by atoms with E-state index in [1.165, 1.54) is 35.9 Å². The predicted molar refractivity (Wildman–Crippen MR) is 107 cm³/mol. The average molecular weight is 365 g/mol. The zero-order valence-electron chi connectivity index (χ0n) is 14.7. The summed E-state index contributed by atoms with van der Waals surface area (Å²) in [6.45, 7) is 1.21. The van der Waals surface area contributed by atoms with E-state index >= 15 is 0 Å². The van der Waals surface area contributed by atoms with Gasteiger partial charge in [-0.05, 0) is 74.8 Å². The largest absolute Gasteiger partial charge is 0.361 e. The molecule has 1 aliphatic heterocycles. The molecule has 2 aromatic heterocycles.